The molecule has 2 N–H and O–H groups in total. The molecule has 1 aliphatic heterocycles. The van der Waals surface area contributed by atoms with E-state index in [0.29, 0.717) is 17.7 Å². The van der Waals surface area contributed by atoms with Crippen LogP contribution in [0.4, 0.5) is 21.1 Å². The van der Waals surface area contributed by atoms with Gasteiger partial charge in [0.05, 0.1) is 12.0 Å². The summed E-state index contributed by atoms with van der Waals surface area (Å²) in [6.07, 6.45) is 4.73. The fourth-order valence-electron chi connectivity index (χ4n) is 5.01. The van der Waals surface area contributed by atoms with E-state index in [1.165, 1.54) is 11.1 Å². The summed E-state index contributed by atoms with van der Waals surface area (Å²) in [5.74, 6) is -1.43. The molecule has 0 aliphatic carbocycles. The second-order valence-electron chi connectivity index (χ2n) is 11.6. The molecule has 0 radical (unpaired) electrons. The lowest BCUT2D eigenvalue weighted by atomic mass is 9.81. The molecule has 0 bridgehead atoms. The highest BCUT2D eigenvalue weighted by Gasteiger charge is 2.55. The summed E-state index contributed by atoms with van der Waals surface area (Å²) >= 11 is 0. The van der Waals surface area contributed by atoms with E-state index < -0.39 is 41.5 Å². The molecule has 1 aliphatic rings. The van der Waals surface area contributed by atoms with Gasteiger partial charge in [-0.25, -0.2) is 14.6 Å². The number of pyridine rings is 2. The predicted molar refractivity (Wildman–Crippen MR) is 162 cm³/mol. The summed E-state index contributed by atoms with van der Waals surface area (Å²) in [4.78, 5) is 63.8. The molecular weight excluding hydrogens is 548 g/mol. The van der Waals surface area contributed by atoms with Crippen molar-refractivity contribution in [3.05, 3.63) is 83.8 Å². The molecular formula is C32H38N6O5. The van der Waals surface area contributed by atoms with Gasteiger partial charge in [-0.2, -0.15) is 0 Å². The molecule has 5 amide bonds. The van der Waals surface area contributed by atoms with Crippen LogP contribution in [0, 0.1) is 12.8 Å². The number of hydrogen-bond acceptors (Lipinski definition) is 7. The SMILES string of the molecule is CC[C@@H](NC(=O)N1C(=O)[C@H](Cc2ccnc(NC(=O)OC(C)(C)C)c2)[C@H]1C(=O)N(C)c1ccncc1)c1cccc(C)c1. The van der Waals surface area contributed by atoms with Crippen molar-refractivity contribution in [2.24, 2.45) is 5.92 Å². The van der Waals surface area contributed by atoms with Crippen molar-refractivity contribution in [1.82, 2.24) is 20.2 Å². The minimum Gasteiger partial charge on any atom is -0.444 e. The van der Waals surface area contributed by atoms with Crippen LogP contribution in [-0.2, 0) is 20.7 Å². The highest BCUT2D eigenvalue weighted by molar-refractivity contribution is 6.12. The molecule has 0 unspecified atom stereocenters. The molecule has 226 valence electrons. The molecule has 2 aromatic heterocycles. The van der Waals surface area contributed by atoms with Gasteiger partial charge in [-0.3, -0.25) is 24.8 Å². The minimum absolute atomic E-state index is 0.157. The van der Waals surface area contributed by atoms with Crippen LogP contribution in [0.1, 0.15) is 56.8 Å². The Morgan fingerprint density at radius 2 is 1.79 bits per heavy atom. The first kappa shape index (κ1) is 31.1. The van der Waals surface area contributed by atoms with Crippen molar-refractivity contribution in [1.29, 1.82) is 0 Å². The smallest absolute Gasteiger partial charge is 0.413 e. The number of aryl methyl sites for hydroxylation is 1. The summed E-state index contributed by atoms with van der Waals surface area (Å²) in [5.41, 5.74) is 2.52. The molecule has 4 rings (SSSR count). The number of β-lactam (4-membered cyclic amide) rings is 1. The van der Waals surface area contributed by atoms with Crippen LogP contribution in [0.25, 0.3) is 0 Å². The van der Waals surface area contributed by atoms with E-state index in [0.717, 1.165) is 16.0 Å². The van der Waals surface area contributed by atoms with Crippen molar-refractivity contribution >= 4 is 35.4 Å². The number of aromatic nitrogens is 2. The molecule has 1 saturated heterocycles. The fraction of sp³-hybridized carbons (Fsp3) is 0.375. The molecule has 1 aromatic carbocycles. The quantitative estimate of drug-likeness (QED) is 0.354. The van der Waals surface area contributed by atoms with Gasteiger partial charge in [0.25, 0.3) is 5.91 Å². The van der Waals surface area contributed by atoms with Crippen molar-refractivity contribution in [2.45, 2.75) is 65.1 Å². The molecule has 1 fully saturated rings. The second kappa shape index (κ2) is 13.0. The molecule has 0 saturated carbocycles. The number of hydrogen-bond donors (Lipinski definition) is 2. The van der Waals surface area contributed by atoms with Gasteiger partial charge < -0.3 is 15.0 Å². The zero-order valence-electron chi connectivity index (χ0n) is 25.3. The Bertz CT molecular complexity index is 1490. The standard InChI is InChI=1S/C32H38N6O5/c1-7-25(22-10-8-9-20(2)17-22)35-30(41)38-27(29(40)37(6)23-12-14-33-15-13-23)24(28(38)39)18-21-11-16-34-26(19-21)36-31(42)43-32(3,4)5/h8-17,19,24-25,27H,7,18H2,1-6H3,(H,35,41)(H,34,36,42)/t24-,25-,27+/m1/s1. The molecule has 3 atom stereocenters. The average molecular weight is 587 g/mol. The first-order valence-electron chi connectivity index (χ1n) is 14.2. The number of carbonyl (C=O) groups excluding carboxylic acids is 4. The number of benzene rings is 1. The Hall–Kier alpha value is -4.80. The van der Waals surface area contributed by atoms with Gasteiger partial charge in [0, 0.05) is 31.3 Å². The van der Waals surface area contributed by atoms with Gasteiger partial charge in [0.1, 0.15) is 17.5 Å². The first-order valence-corrected chi connectivity index (χ1v) is 14.2. The van der Waals surface area contributed by atoms with Gasteiger partial charge in [0.15, 0.2) is 0 Å². The van der Waals surface area contributed by atoms with E-state index in [4.69, 9.17) is 4.74 Å². The van der Waals surface area contributed by atoms with Gasteiger partial charge in [0.2, 0.25) is 5.91 Å². The Morgan fingerprint density at radius 3 is 2.44 bits per heavy atom. The van der Waals surface area contributed by atoms with E-state index in [9.17, 15) is 19.2 Å². The fourth-order valence-corrected chi connectivity index (χ4v) is 5.01. The van der Waals surface area contributed by atoms with Gasteiger partial charge in [-0.15, -0.1) is 0 Å². The highest BCUT2D eigenvalue weighted by Crippen LogP contribution is 2.33. The number of ether oxygens (including phenoxy) is 1. The van der Waals surface area contributed by atoms with Crippen LogP contribution in [0.2, 0.25) is 0 Å². The number of rotatable bonds is 8. The number of urea groups is 1. The lowest BCUT2D eigenvalue weighted by Crippen LogP contribution is -2.70. The zero-order chi connectivity index (χ0) is 31.3. The van der Waals surface area contributed by atoms with Gasteiger partial charge in [-0.05, 0) is 75.9 Å². The third-order valence-electron chi connectivity index (χ3n) is 7.13. The number of likely N-dealkylation sites (N-methyl/N-ethyl adjacent to an activating group) is 1. The van der Waals surface area contributed by atoms with Crippen LogP contribution in [-0.4, -0.2) is 57.5 Å². The number of amides is 5. The number of nitrogens with one attached hydrogen (secondary N) is 2. The summed E-state index contributed by atoms with van der Waals surface area (Å²) in [6, 6.07) is 12.5. The first-order chi connectivity index (χ1) is 20.4. The third kappa shape index (κ3) is 7.54. The maximum Gasteiger partial charge on any atom is 0.413 e. The predicted octanol–water partition coefficient (Wildman–Crippen LogP) is 5.03. The number of carbonyl (C=O) groups is 4. The molecule has 11 nitrogen and oxygen atoms in total. The Kier molecular flexibility index (Phi) is 9.43. The normalized spacial score (nSPS) is 17.0. The molecule has 3 aromatic rings. The van der Waals surface area contributed by atoms with E-state index >= 15 is 0 Å². The molecule has 43 heavy (non-hydrogen) atoms. The van der Waals surface area contributed by atoms with Crippen molar-refractivity contribution in [3.63, 3.8) is 0 Å². The topological polar surface area (TPSA) is 134 Å². The maximum atomic E-state index is 13.8. The second-order valence-corrected chi connectivity index (χ2v) is 11.6. The Labute approximate surface area is 251 Å². The van der Waals surface area contributed by atoms with Crippen molar-refractivity contribution in [2.75, 3.05) is 17.3 Å². The van der Waals surface area contributed by atoms with Gasteiger partial charge >= 0.3 is 12.1 Å². The number of likely N-dealkylation sites (tertiary alicyclic amines) is 1. The largest absolute Gasteiger partial charge is 0.444 e. The van der Waals surface area contributed by atoms with E-state index in [1.54, 1.807) is 64.5 Å². The minimum atomic E-state index is -1.05. The zero-order valence-corrected chi connectivity index (χ0v) is 25.3. The molecule has 0 spiro atoms. The van der Waals surface area contributed by atoms with Gasteiger partial charge in [-0.1, -0.05) is 36.8 Å². The highest BCUT2D eigenvalue weighted by atomic mass is 16.6. The Balaban J connectivity index is 1.57. The van der Waals surface area contributed by atoms with Crippen molar-refractivity contribution < 1.29 is 23.9 Å². The van der Waals surface area contributed by atoms with Crippen LogP contribution in [0.5, 0.6) is 0 Å². The summed E-state index contributed by atoms with van der Waals surface area (Å²) < 4.78 is 5.30. The number of imide groups is 1. The van der Waals surface area contributed by atoms with Crippen LogP contribution in [0.3, 0.4) is 0 Å². The third-order valence-corrected chi connectivity index (χ3v) is 7.13. The molecule has 3 heterocycles. The monoisotopic (exact) mass is 586 g/mol. The van der Waals surface area contributed by atoms with Crippen LogP contribution >= 0.6 is 0 Å². The Morgan fingerprint density at radius 1 is 1.07 bits per heavy atom. The van der Waals surface area contributed by atoms with Crippen LogP contribution in [0.15, 0.2) is 67.1 Å². The van der Waals surface area contributed by atoms with E-state index in [1.807, 2.05) is 38.1 Å². The summed E-state index contributed by atoms with van der Waals surface area (Å²) in [7, 11) is 1.60. The number of anilines is 2. The summed E-state index contributed by atoms with van der Waals surface area (Å²) in [5, 5.41) is 5.55. The molecule has 11 heteroatoms. The van der Waals surface area contributed by atoms with Crippen molar-refractivity contribution in [3.8, 4) is 0 Å². The average Bonchev–Trinajstić information content (AvgIpc) is 2.96. The van der Waals surface area contributed by atoms with E-state index in [-0.39, 0.29) is 18.3 Å². The van der Waals surface area contributed by atoms with Crippen LogP contribution < -0.4 is 15.5 Å². The lowest BCUT2D eigenvalue weighted by molar-refractivity contribution is -0.156. The number of nitrogens with zero attached hydrogens (tertiary/aromatic N) is 4. The maximum absolute atomic E-state index is 13.8. The lowest BCUT2D eigenvalue weighted by Gasteiger charge is -2.46. The van der Waals surface area contributed by atoms with E-state index in [2.05, 4.69) is 20.6 Å². The summed E-state index contributed by atoms with van der Waals surface area (Å²) in [6.45, 7) is 9.18.